The Balaban J connectivity index is 1.91. The molecule has 1 fully saturated rings. The maximum atomic E-state index is 10.5. The molecule has 0 bridgehead atoms. The smallest absolute Gasteiger partial charge is 0.303 e. The van der Waals surface area contributed by atoms with Gasteiger partial charge in [-0.3, -0.25) is 4.79 Å². The first-order chi connectivity index (χ1) is 12.9. The zero-order valence-electron chi connectivity index (χ0n) is 16.6. The molecule has 1 heterocycles. The fourth-order valence-corrected chi connectivity index (χ4v) is 3.35. The number of hydrogen-bond donors (Lipinski definition) is 1. The van der Waals surface area contributed by atoms with E-state index < -0.39 is 11.8 Å². The predicted octanol–water partition coefficient (Wildman–Crippen LogP) is 5.12. The molecule has 5 heteroatoms. The van der Waals surface area contributed by atoms with E-state index in [1.54, 1.807) is 7.11 Å². The van der Waals surface area contributed by atoms with Gasteiger partial charge in [-0.1, -0.05) is 36.8 Å². The number of unbranched alkanes of at least 4 members (excludes halogenated alkanes) is 3. The van der Waals surface area contributed by atoms with Gasteiger partial charge in [-0.25, -0.2) is 0 Å². The van der Waals surface area contributed by atoms with Crippen LogP contribution in [0.3, 0.4) is 0 Å². The largest absolute Gasteiger partial charge is 0.496 e. The van der Waals surface area contributed by atoms with Crippen molar-refractivity contribution in [3.05, 3.63) is 42.0 Å². The number of carboxylic acid groups (broad SMARTS) is 1. The Morgan fingerprint density at radius 2 is 2.04 bits per heavy atom. The molecule has 0 aliphatic carbocycles. The van der Waals surface area contributed by atoms with E-state index >= 15 is 0 Å². The Hall–Kier alpha value is -1.85. The van der Waals surface area contributed by atoms with E-state index in [0.717, 1.165) is 43.4 Å². The molecule has 0 spiro atoms. The molecule has 2 rings (SSSR count). The van der Waals surface area contributed by atoms with Crippen LogP contribution >= 0.6 is 0 Å². The summed E-state index contributed by atoms with van der Waals surface area (Å²) in [5, 5.41) is 8.64. The van der Waals surface area contributed by atoms with Crippen molar-refractivity contribution < 1.29 is 24.1 Å². The number of carboxylic acids is 1. The lowest BCUT2D eigenvalue weighted by Gasteiger charge is -2.41. The molecule has 1 aliphatic rings. The van der Waals surface area contributed by atoms with Gasteiger partial charge in [0.05, 0.1) is 19.8 Å². The minimum atomic E-state index is -0.715. The molecule has 0 amide bonds. The highest BCUT2D eigenvalue weighted by molar-refractivity contribution is 5.66. The summed E-state index contributed by atoms with van der Waals surface area (Å²) in [6.45, 7) is 4.52. The van der Waals surface area contributed by atoms with E-state index in [1.807, 2.05) is 32.0 Å². The quantitative estimate of drug-likeness (QED) is 0.454. The number of aliphatic carboxylic acids is 1. The van der Waals surface area contributed by atoms with Gasteiger partial charge in [0.25, 0.3) is 0 Å². The summed E-state index contributed by atoms with van der Waals surface area (Å²) in [6, 6.07) is 8.00. The monoisotopic (exact) mass is 376 g/mol. The Morgan fingerprint density at radius 3 is 2.78 bits per heavy atom. The SMILES string of the molecule is COc1ccccc1[C@H]1OC(C)(C)OC[C@H]1C/C=C\CCCCCC(=O)O. The number of methoxy groups -OCH3 is 1. The fourth-order valence-electron chi connectivity index (χ4n) is 3.35. The van der Waals surface area contributed by atoms with E-state index in [2.05, 4.69) is 18.2 Å². The Kier molecular flexibility index (Phi) is 8.32. The summed E-state index contributed by atoms with van der Waals surface area (Å²) >= 11 is 0. The third-order valence-corrected chi connectivity index (χ3v) is 4.80. The van der Waals surface area contributed by atoms with Crippen LogP contribution in [-0.2, 0) is 14.3 Å². The van der Waals surface area contributed by atoms with Crippen LogP contribution in [0.25, 0.3) is 0 Å². The molecule has 5 nitrogen and oxygen atoms in total. The number of allylic oxidation sites excluding steroid dienone is 2. The van der Waals surface area contributed by atoms with Crippen molar-refractivity contribution >= 4 is 5.97 Å². The van der Waals surface area contributed by atoms with Crippen LogP contribution in [-0.4, -0.2) is 30.6 Å². The molecule has 27 heavy (non-hydrogen) atoms. The van der Waals surface area contributed by atoms with Crippen molar-refractivity contribution in [2.24, 2.45) is 5.92 Å². The highest BCUT2D eigenvalue weighted by Crippen LogP contribution is 2.41. The van der Waals surface area contributed by atoms with E-state index in [4.69, 9.17) is 19.3 Å². The second-order valence-electron chi connectivity index (χ2n) is 7.45. The van der Waals surface area contributed by atoms with Gasteiger partial charge in [0, 0.05) is 17.9 Å². The number of rotatable bonds is 10. The Morgan fingerprint density at radius 1 is 1.26 bits per heavy atom. The summed E-state index contributed by atoms with van der Waals surface area (Å²) < 4.78 is 17.7. The molecule has 1 aromatic rings. The van der Waals surface area contributed by atoms with Crippen LogP contribution in [0.15, 0.2) is 36.4 Å². The molecule has 1 aromatic carbocycles. The van der Waals surface area contributed by atoms with Crippen molar-refractivity contribution in [3.63, 3.8) is 0 Å². The number of ether oxygens (including phenoxy) is 3. The number of carbonyl (C=O) groups is 1. The third-order valence-electron chi connectivity index (χ3n) is 4.80. The van der Waals surface area contributed by atoms with Gasteiger partial charge in [-0.05, 0) is 45.6 Å². The summed E-state index contributed by atoms with van der Waals surface area (Å²) in [7, 11) is 1.68. The van der Waals surface area contributed by atoms with Crippen LogP contribution in [0.1, 0.15) is 64.0 Å². The van der Waals surface area contributed by atoms with Gasteiger partial charge in [0.2, 0.25) is 0 Å². The highest BCUT2D eigenvalue weighted by atomic mass is 16.7. The maximum Gasteiger partial charge on any atom is 0.303 e. The molecule has 0 radical (unpaired) electrons. The van der Waals surface area contributed by atoms with Crippen LogP contribution in [0.2, 0.25) is 0 Å². The minimum Gasteiger partial charge on any atom is -0.496 e. The third kappa shape index (κ3) is 7.00. The molecular weight excluding hydrogens is 344 g/mol. The lowest BCUT2D eigenvalue weighted by molar-refractivity contribution is -0.295. The second kappa shape index (κ2) is 10.5. The lowest BCUT2D eigenvalue weighted by atomic mass is 9.91. The van der Waals surface area contributed by atoms with Gasteiger partial charge >= 0.3 is 5.97 Å². The normalized spacial score (nSPS) is 22.0. The molecule has 0 saturated carbocycles. The van der Waals surface area contributed by atoms with E-state index in [1.165, 1.54) is 0 Å². The molecule has 1 saturated heterocycles. The number of hydrogen-bond acceptors (Lipinski definition) is 4. The minimum absolute atomic E-state index is 0.0786. The van der Waals surface area contributed by atoms with Crippen LogP contribution in [0.4, 0.5) is 0 Å². The molecule has 1 aliphatic heterocycles. The van der Waals surface area contributed by atoms with E-state index in [9.17, 15) is 4.79 Å². The molecule has 0 unspecified atom stereocenters. The molecule has 2 atom stereocenters. The molecule has 150 valence electrons. The number of para-hydroxylation sites is 1. The first-order valence-corrected chi connectivity index (χ1v) is 9.74. The van der Waals surface area contributed by atoms with Crippen molar-refractivity contribution in [1.29, 1.82) is 0 Å². The average molecular weight is 376 g/mol. The van der Waals surface area contributed by atoms with Gasteiger partial charge in [0.1, 0.15) is 5.75 Å². The summed E-state index contributed by atoms with van der Waals surface area (Å²) in [5.41, 5.74) is 1.06. The zero-order valence-corrected chi connectivity index (χ0v) is 16.6. The zero-order chi connectivity index (χ0) is 19.7. The van der Waals surface area contributed by atoms with Gasteiger partial charge in [-0.15, -0.1) is 0 Å². The summed E-state index contributed by atoms with van der Waals surface area (Å²) in [4.78, 5) is 10.5. The van der Waals surface area contributed by atoms with Crippen molar-refractivity contribution in [2.75, 3.05) is 13.7 Å². The molecular formula is C22H32O5. The molecule has 1 N–H and O–H groups in total. The lowest BCUT2D eigenvalue weighted by Crippen LogP contribution is -2.41. The topological polar surface area (TPSA) is 65.0 Å². The standard InChI is InChI=1S/C22H32O5/c1-22(2)26-16-17(12-8-6-4-5-7-9-15-20(23)24)21(27-22)18-13-10-11-14-19(18)25-3/h6,8,10-11,13-14,17,21H,4-5,7,9,12,15-16H2,1-3H3,(H,23,24)/b8-6-/t17-,21+/m1/s1. The van der Waals surface area contributed by atoms with E-state index in [-0.39, 0.29) is 18.4 Å². The fraction of sp³-hybridized carbons (Fsp3) is 0.591. The van der Waals surface area contributed by atoms with Crippen LogP contribution in [0, 0.1) is 5.92 Å². The first-order valence-electron chi connectivity index (χ1n) is 9.74. The Bertz CT molecular complexity index is 623. The van der Waals surface area contributed by atoms with Gasteiger partial charge < -0.3 is 19.3 Å². The summed E-state index contributed by atoms with van der Waals surface area (Å²) in [5.74, 6) is -0.270. The van der Waals surface area contributed by atoms with Gasteiger partial charge in [0.15, 0.2) is 5.79 Å². The average Bonchev–Trinajstić information content (AvgIpc) is 2.64. The first kappa shape index (κ1) is 21.5. The van der Waals surface area contributed by atoms with Crippen LogP contribution in [0.5, 0.6) is 5.75 Å². The Labute approximate surface area is 162 Å². The number of benzene rings is 1. The summed E-state index contributed by atoms with van der Waals surface area (Å²) in [6.07, 6.45) is 9.11. The highest BCUT2D eigenvalue weighted by Gasteiger charge is 2.37. The van der Waals surface area contributed by atoms with Crippen molar-refractivity contribution in [1.82, 2.24) is 0 Å². The van der Waals surface area contributed by atoms with Crippen molar-refractivity contribution in [3.8, 4) is 5.75 Å². The van der Waals surface area contributed by atoms with Crippen molar-refractivity contribution in [2.45, 2.75) is 64.3 Å². The van der Waals surface area contributed by atoms with Crippen LogP contribution < -0.4 is 4.74 Å². The second-order valence-corrected chi connectivity index (χ2v) is 7.45. The maximum absolute atomic E-state index is 10.5. The van der Waals surface area contributed by atoms with E-state index in [0.29, 0.717) is 6.61 Å². The van der Waals surface area contributed by atoms with Gasteiger partial charge in [-0.2, -0.15) is 0 Å². The molecule has 0 aromatic heterocycles. The predicted molar refractivity (Wildman–Crippen MR) is 105 cm³/mol.